The number of aromatic hydroxyl groups is 4. The van der Waals surface area contributed by atoms with Crippen molar-refractivity contribution in [2.75, 3.05) is 0 Å². The Morgan fingerprint density at radius 1 is 0.686 bits per heavy atom. The first-order chi connectivity index (χ1) is 16.8. The van der Waals surface area contributed by atoms with Crippen LogP contribution in [0.4, 0.5) is 0 Å². The van der Waals surface area contributed by atoms with Gasteiger partial charge in [0.1, 0.15) is 11.5 Å². The summed E-state index contributed by atoms with van der Waals surface area (Å²) in [6.45, 7) is 3.76. The van der Waals surface area contributed by atoms with E-state index in [1.54, 1.807) is 48.5 Å². The predicted molar refractivity (Wildman–Crippen MR) is 135 cm³/mol. The summed E-state index contributed by atoms with van der Waals surface area (Å²) >= 11 is 0. The highest BCUT2D eigenvalue weighted by Gasteiger charge is 2.55. The lowest BCUT2D eigenvalue weighted by Crippen LogP contribution is -2.05. The van der Waals surface area contributed by atoms with Gasteiger partial charge in [-0.2, -0.15) is 0 Å². The number of aryl methyl sites for hydroxylation is 2. The van der Waals surface area contributed by atoms with Crippen LogP contribution < -0.4 is 0 Å². The molecule has 35 heavy (non-hydrogen) atoms. The molecule has 4 N–H and O–H groups in total. The molecule has 6 nitrogen and oxygen atoms in total. The van der Waals surface area contributed by atoms with E-state index in [2.05, 4.69) is 0 Å². The van der Waals surface area contributed by atoms with Gasteiger partial charge in [-0.3, -0.25) is 8.78 Å². The van der Waals surface area contributed by atoms with Crippen LogP contribution in [-0.2, 0) is 10.8 Å². The van der Waals surface area contributed by atoms with Gasteiger partial charge in [-0.25, -0.2) is 0 Å². The maximum atomic E-state index is 13.9. The van der Waals surface area contributed by atoms with Gasteiger partial charge in [-0.15, -0.1) is 0 Å². The summed E-state index contributed by atoms with van der Waals surface area (Å²) < 4.78 is 15.3. The molecule has 0 aliphatic carbocycles. The molecule has 176 valence electrons. The Hall–Kier alpha value is -3.97. The molecule has 1 aromatic heterocycles. The minimum atomic E-state index is -1.47. The second-order valence-electron chi connectivity index (χ2n) is 9.06. The first-order valence-corrected chi connectivity index (χ1v) is 12.5. The monoisotopic (exact) mass is 485 g/mol. The van der Waals surface area contributed by atoms with Crippen LogP contribution in [0.25, 0.3) is 16.8 Å². The van der Waals surface area contributed by atoms with Gasteiger partial charge in [0, 0.05) is 21.9 Å². The number of para-hydroxylation sites is 1. The Morgan fingerprint density at radius 3 is 1.57 bits per heavy atom. The molecule has 2 bridgehead atoms. The molecule has 0 radical (unpaired) electrons. The van der Waals surface area contributed by atoms with Gasteiger partial charge >= 0.3 is 0 Å². The molecule has 0 saturated heterocycles. The van der Waals surface area contributed by atoms with Crippen LogP contribution in [0.2, 0.25) is 0 Å². The number of phenols is 2. The zero-order valence-electron chi connectivity index (χ0n) is 19.1. The standard InChI is InChI=1S/C28H23NO5S/c1-14-12-17(30)8-10-19(14)21-22(20-11-9-18(31)13-15(20)2)26-24-23(25(21)35(26)34)27(32)29(28(24)33)16-6-4-3-5-7-16/h3-13,25-26,30-33H,1-2H3/t25-,26+,35?. The molecular weight excluding hydrogens is 462 g/mol. The smallest absolute Gasteiger partial charge is 0.203 e. The highest BCUT2D eigenvalue weighted by atomic mass is 32.2. The first kappa shape index (κ1) is 21.6. The van der Waals surface area contributed by atoms with Gasteiger partial charge in [0.05, 0.1) is 16.2 Å². The van der Waals surface area contributed by atoms with Crippen LogP contribution in [0.15, 0.2) is 66.7 Å². The average molecular weight is 486 g/mol. The second kappa shape index (κ2) is 7.52. The van der Waals surface area contributed by atoms with Crippen molar-refractivity contribution in [3.63, 3.8) is 0 Å². The van der Waals surface area contributed by atoms with Crippen LogP contribution in [0.3, 0.4) is 0 Å². The number of aromatic nitrogens is 1. The Labute approximate surface area is 204 Å². The van der Waals surface area contributed by atoms with Crippen LogP contribution in [-0.4, -0.2) is 29.2 Å². The van der Waals surface area contributed by atoms with Crippen molar-refractivity contribution in [3.8, 4) is 28.9 Å². The molecule has 0 spiro atoms. The summed E-state index contributed by atoms with van der Waals surface area (Å²) in [6.07, 6.45) is 0. The topological polar surface area (TPSA) is 103 Å². The zero-order valence-corrected chi connectivity index (χ0v) is 19.9. The average Bonchev–Trinajstić information content (AvgIpc) is 3.37. The molecular formula is C28H23NO5S. The Balaban J connectivity index is 1.67. The molecule has 1 unspecified atom stereocenters. The van der Waals surface area contributed by atoms with E-state index in [0.29, 0.717) is 16.8 Å². The maximum absolute atomic E-state index is 13.9. The van der Waals surface area contributed by atoms with E-state index in [9.17, 15) is 24.6 Å². The van der Waals surface area contributed by atoms with E-state index in [-0.39, 0.29) is 23.3 Å². The van der Waals surface area contributed by atoms with Crippen LogP contribution in [0, 0.1) is 13.8 Å². The number of rotatable bonds is 3. The second-order valence-corrected chi connectivity index (χ2v) is 10.7. The largest absolute Gasteiger partial charge is 0.508 e. The number of hydrogen-bond donors (Lipinski definition) is 4. The summed E-state index contributed by atoms with van der Waals surface area (Å²) in [7, 11) is -1.47. The number of nitrogens with zero attached hydrogens (tertiary/aromatic N) is 1. The van der Waals surface area contributed by atoms with Gasteiger partial charge in [0.2, 0.25) is 11.8 Å². The summed E-state index contributed by atoms with van der Waals surface area (Å²) in [6, 6.07) is 19.2. The molecule has 4 aromatic rings. The normalized spacial score (nSPS) is 20.5. The summed E-state index contributed by atoms with van der Waals surface area (Å²) in [5, 5.41) is 41.4. The number of benzene rings is 3. The van der Waals surface area contributed by atoms with Gasteiger partial charge in [0.15, 0.2) is 0 Å². The predicted octanol–water partition coefficient (Wildman–Crippen LogP) is 5.39. The fourth-order valence-electron chi connectivity index (χ4n) is 5.57. The molecule has 2 aliphatic heterocycles. The van der Waals surface area contributed by atoms with Gasteiger partial charge in [0.25, 0.3) is 0 Å². The highest BCUT2D eigenvalue weighted by molar-refractivity contribution is 7.87. The molecule has 3 atom stereocenters. The molecule has 2 aliphatic rings. The number of phenolic OH excluding ortho intramolecular Hbond substituents is 2. The third-order valence-electron chi connectivity index (χ3n) is 7.01. The molecule has 7 heteroatoms. The van der Waals surface area contributed by atoms with E-state index >= 15 is 0 Å². The molecule has 6 rings (SSSR count). The molecule has 0 fully saturated rings. The van der Waals surface area contributed by atoms with E-state index < -0.39 is 21.3 Å². The van der Waals surface area contributed by atoms with E-state index in [4.69, 9.17) is 0 Å². The number of hydrogen-bond acceptors (Lipinski definition) is 5. The van der Waals surface area contributed by atoms with Gasteiger partial charge in [-0.1, -0.05) is 30.3 Å². The minimum Gasteiger partial charge on any atom is -0.508 e. The van der Waals surface area contributed by atoms with Gasteiger partial charge in [-0.05, 0) is 83.6 Å². The first-order valence-electron chi connectivity index (χ1n) is 11.2. The lowest BCUT2D eigenvalue weighted by molar-refractivity contribution is 0.399. The van der Waals surface area contributed by atoms with Crippen molar-refractivity contribution >= 4 is 21.9 Å². The summed E-state index contributed by atoms with van der Waals surface area (Å²) in [4.78, 5) is 0. The SMILES string of the molecule is Cc1cc(O)ccc1C1=C(c2ccc(O)cc2C)[C@H]2c3c(c(O)n(-c4ccccc4)c3O)[C@@H]1S2=O. The van der Waals surface area contributed by atoms with E-state index in [1.165, 1.54) is 4.57 Å². The molecule has 0 saturated carbocycles. The van der Waals surface area contributed by atoms with Crippen molar-refractivity contribution in [2.45, 2.75) is 24.3 Å². The third kappa shape index (κ3) is 2.91. The fraction of sp³-hybridized carbons (Fsp3) is 0.143. The summed E-state index contributed by atoms with van der Waals surface area (Å²) in [5.74, 6) is 0.0183. The highest BCUT2D eigenvalue weighted by Crippen LogP contribution is 2.67. The van der Waals surface area contributed by atoms with Crippen molar-refractivity contribution in [3.05, 3.63) is 100 Å². The third-order valence-corrected chi connectivity index (χ3v) is 8.89. The molecule has 3 aromatic carbocycles. The van der Waals surface area contributed by atoms with Crippen LogP contribution >= 0.6 is 0 Å². The molecule has 3 heterocycles. The number of fused-ring (bicyclic) bond motifs is 5. The van der Waals surface area contributed by atoms with Gasteiger partial charge < -0.3 is 20.4 Å². The Bertz CT molecular complexity index is 1490. The van der Waals surface area contributed by atoms with Crippen molar-refractivity contribution in [2.24, 2.45) is 0 Å². The van der Waals surface area contributed by atoms with E-state index in [0.717, 1.165) is 33.4 Å². The van der Waals surface area contributed by atoms with Crippen molar-refractivity contribution in [1.82, 2.24) is 4.57 Å². The maximum Gasteiger partial charge on any atom is 0.203 e. The lowest BCUT2D eigenvalue weighted by Gasteiger charge is -2.22. The van der Waals surface area contributed by atoms with Crippen molar-refractivity contribution < 1.29 is 24.6 Å². The Kier molecular flexibility index (Phi) is 4.63. The fourth-order valence-corrected chi connectivity index (χ4v) is 7.74. The Morgan fingerprint density at radius 2 is 1.14 bits per heavy atom. The van der Waals surface area contributed by atoms with Crippen molar-refractivity contribution in [1.29, 1.82) is 0 Å². The quantitative estimate of drug-likeness (QED) is 0.312. The zero-order chi connectivity index (χ0) is 24.6. The minimum absolute atomic E-state index is 0.125. The summed E-state index contributed by atoms with van der Waals surface area (Å²) in [5.41, 5.74) is 6.41. The lowest BCUT2D eigenvalue weighted by atomic mass is 9.79. The van der Waals surface area contributed by atoms with Crippen LogP contribution in [0.1, 0.15) is 43.9 Å². The molecule has 0 amide bonds. The van der Waals surface area contributed by atoms with Crippen LogP contribution in [0.5, 0.6) is 23.3 Å². The van der Waals surface area contributed by atoms with E-state index in [1.807, 2.05) is 32.0 Å².